The fourth-order valence-electron chi connectivity index (χ4n) is 1.60. The van der Waals surface area contributed by atoms with Gasteiger partial charge in [-0.1, -0.05) is 0 Å². The predicted octanol–water partition coefficient (Wildman–Crippen LogP) is 1.67. The van der Waals surface area contributed by atoms with E-state index in [0.717, 1.165) is 18.3 Å². The van der Waals surface area contributed by atoms with E-state index in [4.69, 9.17) is 4.74 Å². The fourth-order valence-corrected chi connectivity index (χ4v) is 2.76. The number of sulfonamides is 1. The standard InChI is InChI=1S/C12H11F2N3O4S/c1-2-21-12(18)8-6-15-16-11(8)22(19,20)17-10-4-3-7(13)5-9(10)14/h3-6,17H,2H2,1H3,(H,15,16). The van der Waals surface area contributed by atoms with Crippen molar-refractivity contribution in [2.24, 2.45) is 0 Å². The third-order valence-corrected chi connectivity index (χ3v) is 3.88. The number of benzene rings is 1. The Hall–Kier alpha value is -2.49. The van der Waals surface area contributed by atoms with E-state index in [1.807, 2.05) is 4.72 Å². The van der Waals surface area contributed by atoms with Gasteiger partial charge in [0.15, 0.2) is 5.03 Å². The third-order valence-electron chi connectivity index (χ3n) is 2.54. The smallest absolute Gasteiger partial charge is 0.342 e. The topological polar surface area (TPSA) is 101 Å². The second-order valence-electron chi connectivity index (χ2n) is 4.06. The number of esters is 1. The number of carbonyl (C=O) groups is 1. The first-order valence-corrected chi connectivity index (χ1v) is 7.52. The zero-order valence-corrected chi connectivity index (χ0v) is 12.1. The summed E-state index contributed by atoms with van der Waals surface area (Å²) in [7, 11) is -4.33. The molecule has 0 aliphatic heterocycles. The molecule has 0 radical (unpaired) electrons. The summed E-state index contributed by atoms with van der Waals surface area (Å²) in [5.74, 6) is -2.84. The zero-order chi connectivity index (χ0) is 16.3. The molecule has 7 nitrogen and oxygen atoms in total. The van der Waals surface area contributed by atoms with Gasteiger partial charge in [-0.05, 0) is 19.1 Å². The molecule has 0 atom stereocenters. The number of halogens is 2. The van der Waals surface area contributed by atoms with E-state index in [1.165, 1.54) is 0 Å². The van der Waals surface area contributed by atoms with Crippen molar-refractivity contribution in [1.82, 2.24) is 10.2 Å². The summed E-state index contributed by atoms with van der Waals surface area (Å²) in [4.78, 5) is 11.6. The van der Waals surface area contributed by atoms with Crippen LogP contribution in [0.25, 0.3) is 0 Å². The molecular formula is C12H11F2N3O4S. The zero-order valence-electron chi connectivity index (χ0n) is 11.3. The van der Waals surface area contributed by atoms with Crippen molar-refractivity contribution in [3.8, 4) is 0 Å². The molecule has 1 aromatic carbocycles. The van der Waals surface area contributed by atoms with E-state index >= 15 is 0 Å². The number of rotatable bonds is 5. The normalized spacial score (nSPS) is 11.2. The molecule has 0 aliphatic rings. The van der Waals surface area contributed by atoms with Crippen molar-refractivity contribution in [2.45, 2.75) is 11.9 Å². The Labute approximate surface area is 124 Å². The highest BCUT2D eigenvalue weighted by molar-refractivity contribution is 7.92. The second kappa shape index (κ2) is 6.10. The molecule has 2 rings (SSSR count). The largest absolute Gasteiger partial charge is 0.462 e. The number of anilines is 1. The van der Waals surface area contributed by atoms with Crippen LogP contribution in [0.2, 0.25) is 0 Å². The summed E-state index contributed by atoms with van der Waals surface area (Å²) in [6.07, 6.45) is 0.980. The lowest BCUT2D eigenvalue weighted by Crippen LogP contribution is -2.18. The van der Waals surface area contributed by atoms with Gasteiger partial charge in [0.05, 0.1) is 18.5 Å². The highest BCUT2D eigenvalue weighted by Crippen LogP contribution is 2.21. The Bertz CT molecular complexity index is 804. The van der Waals surface area contributed by atoms with Crippen molar-refractivity contribution < 1.29 is 26.7 Å². The molecule has 0 spiro atoms. The van der Waals surface area contributed by atoms with Gasteiger partial charge in [0, 0.05) is 6.07 Å². The minimum atomic E-state index is -4.33. The molecule has 1 heterocycles. The molecule has 10 heteroatoms. The van der Waals surface area contributed by atoms with Crippen molar-refractivity contribution >= 4 is 21.7 Å². The number of aromatic amines is 1. The maximum Gasteiger partial charge on any atom is 0.342 e. The number of carbonyl (C=O) groups excluding carboxylic acids is 1. The minimum absolute atomic E-state index is 0.0452. The van der Waals surface area contributed by atoms with Crippen LogP contribution in [0.3, 0.4) is 0 Å². The Morgan fingerprint density at radius 2 is 2.14 bits per heavy atom. The van der Waals surface area contributed by atoms with E-state index < -0.39 is 38.3 Å². The Morgan fingerprint density at radius 3 is 2.77 bits per heavy atom. The predicted molar refractivity (Wildman–Crippen MR) is 71.7 cm³/mol. The molecule has 2 N–H and O–H groups in total. The lowest BCUT2D eigenvalue weighted by Gasteiger charge is -2.08. The first-order chi connectivity index (χ1) is 10.3. The lowest BCUT2D eigenvalue weighted by atomic mass is 10.3. The fraction of sp³-hybridized carbons (Fsp3) is 0.167. The van der Waals surface area contributed by atoms with Crippen LogP contribution >= 0.6 is 0 Å². The average molecular weight is 331 g/mol. The van der Waals surface area contributed by atoms with Crippen LogP contribution in [0.15, 0.2) is 29.4 Å². The first kappa shape index (κ1) is 15.9. The number of H-pyrrole nitrogens is 1. The molecular weight excluding hydrogens is 320 g/mol. The molecule has 118 valence electrons. The summed E-state index contributed by atoms with van der Waals surface area (Å²) in [5.41, 5.74) is -0.789. The number of aromatic nitrogens is 2. The first-order valence-electron chi connectivity index (χ1n) is 6.03. The number of hydrogen-bond donors (Lipinski definition) is 2. The molecule has 22 heavy (non-hydrogen) atoms. The molecule has 0 amide bonds. The number of nitrogens with zero attached hydrogens (tertiary/aromatic N) is 1. The van der Waals surface area contributed by atoms with Crippen LogP contribution in [-0.4, -0.2) is 31.2 Å². The van der Waals surface area contributed by atoms with Crippen LogP contribution in [-0.2, 0) is 14.8 Å². The van der Waals surface area contributed by atoms with E-state index in [1.54, 1.807) is 6.92 Å². The number of ether oxygens (including phenoxy) is 1. The van der Waals surface area contributed by atoms with E-state index in [-0.39, 0.29) is 12.2 Å². The average Bonchev–Trinajstić information content (AvgIpc) is 2.92. The number of nitrogens with one attached hydrogen (secondary N) is 2. The maximum atomic E-state index is 13.5. The van der Waals surface area contributed by atoms with Gasteiger partial charge in [-0.3, -0.25) is 9.82 Å². The summed E-state index contributed by atoms with van der Waals surface area (Å²) in [5, 5.41) is 5.04. The molecule has 0 fully saturated rings. The summed E-state index contributed by atoms with van der Waals surface area (Å²) < 4.78 is 57.3. The highest BCUT2D eigenvalue weighted by atomic mass is 32.2. The number of hydrogen-bond acceptors (Lipinski definition) is 5. The monoisotopic (exact) mass is 331 g/mol. The quantitative estimate of drug-likeness (QED) is 0.812. The third kappa shape index (κ3) is 3.22. The van der Waals surface area contributed by atoms with Crippen LogP contribution < -0.4 is 4.72 Å². The van der Waals surface area contributed by atoms with Crippen molar-refractivity contribution in [2.75, 3.05) is 11.3 Å². The van der Waals surface area contributed by atoms with E-state index in [0.29, 0.717) is 6.07 Å². The van der Waals surface area contributed by atoms with Gasteiger partial charge in [0.2, 0.25) is 0 Å². The van der Waals surface area contributed by atoms with Crippen molar-refractivity contribution in [3.63, 3.8) is 0 Å². The molecule has 0 aliphatic carbocycles. The second-order valence-corrected chi connectivity index (χ2v) is 5.68. The van der Waals surface area contributed by atoms with Gasteiger partial charge in [-0.2, -0.15) is 13.5 Å². The Morgan fingerprint density at radius 1 is 1.41 bits per heavy atom. The van der Waals surface area contributed by atoms with Gasteiger partial charge in [0.25, 0.3) is 10.0 Å². The lowest BCUT2D eigenvalue weighted by molar-refractivity contribution is 0.0522. The van der Waals surface area contributed by atoms with Gasteiger partial charge in [-0.25, -0.2) is 13.6 Å². The van der Waals surface area contributed by atoms with Gasteiger partial charge in [0.1, 0.15) is 17.2 Å². The summed E-state index contributed by atoms with van der Waals surface area (Å²) in [6, 6.07) is 2.33. The summed E-state index contributed by atoms with van der Waals surface area (Å²) >= 11 is 0. The maximum absolute atomic E-state index is 13.5. The SMILES string of the molecule is CCOC(=O)c1cn[nH]c1S(=O)(=O)Nc1ccc(F)cc1F. The van der Waals surface area contributed by atoms with Gasteiger partial charge in [-0.15, -0.1) is 0 Å². The molecule has 0 saturated carbocycles. The van der Waals surface area contributed by atoms with E-state index in [2.05, 4.69) is 10.2 Å². The summed E-state index contributed by atoms with van der Waals surface area (Å²) in [6.45, 7) is 1.60. The molecule has 0 bridgehead atoms. The minimum Gasteiger partial charge on any atom is -0.462 e. The van der Waals surface area contributed by atoms with Gasteiger partial charge >= 0.3 is 5.97 Å². The highest BCUT2D eigenvalue weighted by Gasteiger charge is 2.26. The van der Waals surface area contributed by atoms with Crippen molar-refractivity contribution in [1.29, 1.82) is 0 Å². The molecule has 2 aromatic rings. The van der Waals surface area contributed by atoms with E-state index in [9.17, 15) is 22.0 Å². The van der Waals surface area contributed by atoms with Gasteiger partial charge < -0.3 is 4.74 Å². The molecule has 0 saturated heterocycles. The molecule has 1 aromatic heterocycles. The van der Waals surface area contributed by atoms with Crippen LogP contribution in [0.5, 0.6) is 0 Å². The Balaban J connectivity index is 2.35. The van der Waals surface area contributed by atoms with Crippen LogP contribution in [0.1, 0.15) is 17.3 Å². The Kier molecular flexibility index (Phi) is 4.40. The van der Waals surface area contributed by atoms with Crippen LogP contribution in [0.4, 0.5) is 14.5 Å². The van der Waals surface area contributed by atoms with Crippen LogP contribution in [0, 0.1) is 11.6 Å². The molecule has 0 unspecified atom stereocenters. The van der Waals surface area contributed by atoms with Crippen molar-refractivity contribution in [3.05, 3.63) is 41.6 Å².